The van der Waals surface area contributed by atoms with Crippen molar-refractivity contribution >= 4 is 0 Å². The third-order valence-corrected chi connectivity index (χ3v) is 2.44. The minimum absolute atomic E-state index is 0.177. The molecule has 0 amide bonds. The molecule has 2 rings (SSSR count). The predicted molar refractivity (Wildman–Crippen MR) is 56.8 cm³/mol. The molecule has 0 aliphatic carbocycles. The lowest BCUT2D eigenvalue weighted by molar-refractivity contribution is -0.137. The van der Waals surface area contributed by atoms with E-state index in [0.717, 1.165) is 24.3 Å². The second kappa shape index (κ2) is 4.40. The molecule has 0 spiro atoms. The molecule has 0 aliphatic rings. The van der Waals surface area contributed by atoms with Crippen LogP contribution in [-0.4, -0.2) is 0 Å². The van der Waals surface area contributed by atoms with Gasteiger partial charge in [0.05, 0.1) is 5.56 Å². The van der Waals surface area contributed by atoms with Crippen molar-refractivity contribution in [2.24, 2.45) is 0 Å². The van der Waals surface area contributed by atoms with E-state index in [1.807, 2.05) is 0 Å². The summed E-state index contributed by atoms with van der Waals surface area (Å²) >= 11 is 0. The van der Waals surface area contributed by atoms with Crippen molar-refractivity contribution in [3.8, 4) is 11.1 Å². The predicted octanol–water partition coefficient (Wildman–Crippen LogP) is 4.65. The summed E-state index contributed by atoms with van der Waals surface area (Å²) in [5.41, 5.74) is -1.07. The van der Waals surface area contributed by atoms with Gasteiger partial charge in [-0.05, 0) is 35.4 Å². The van der Waals surface area contributed by atoms with Crippen molar-refractivity contribution < 1.29 is 22.0 Å². The van der Waals surface area contributed by atoms with Gasteiger partial charge < -0.3 is 0 Å². The number of halogens is 5. The van der Waals surface area contributed by atoms with Gasteiger partial charge in [-0.2, -0.15) is 13.2 Å². The third kappa shape index (κ3) is 2.50. The molecule has 0 N–H and O–H groups in total. The molecule has 18 heavy (non-hydrogen) atoms. The highest BCUT2D eigenvalue weighted by molar-refractivity contribution is 5.68. The van der Waals surface area contributed by atoms with E-state index in [2.05, 4.69) is 0 Å². The zero-order valence-electron chi connectivity index (χ0n) is 8.93. The number of rotatable bonds is 1. The van der Waals surface area contributed by atoms with Crippen LogP contribution in [0.3, 0.4) is 0 Å². The molecule has 94 valence electrons. The van der Waals surface area contributed by atoms with Crippen LogP contribution in [0.15, 0.2) is 42.5 Å². The molecule has 0 nitrogen and oxygen atoms in total. The lowest BCUT2D eigenvalue weighted by atomic mass is 9.99. The van der Waals surface area contributed by atoms with Crippen molar-refractivity contribution in [1.82, 2.24) is 0 Å². The van der Waals surface area contributed by atoms with Gasteiger partial charge in [0.25, 0.3) is 0 Å². The normalized spacial score (nSPS) is 11.6. The van der Waals surface area contributed by atoms with E-state index in [1.165, 1.54) is 12.1 Å². The lowest BCUT2D eigenvalue weighted by Crippen LogP contribution is -2.07. The molecule has 0 aliphatic heterocycles. The van der Waals surface area contributed by atoms with E-state index in [4.69, 9.17) is 0 Å². The van der Waals surface area contributed by atoms with E-state index < -0.39 is 23.4 Å². The number of hydrogen-bond acceptors (Lipinski definition) is 0. The second-order valence-electron chi connectivity index (χ2n) is 3.69. The first-order chi connectivity index (χ1) is 8.38. The van der Waals surface area contributed by atoms with Gasteiger partial charge in [0.15, 0.2) is 0 Å². The van der Waals surface area contributed by atoms with Crippen LogP contribution in [0.1, 0.15) is 5.56 Å². The van der Waals surface area contributed by atoms with Crippen LogP contribution in [0, 0.1) is 11.6 Å². The Bertz CT molecular complexity index is 555. The lowest BCUT2D eigenvalue weighted by Gasteiger charge is -2.13. The Morgan fingerprint density at radius 3 is 1.83 bits per heavy atom. The second-order valence-corrected chi connectivity index (χ2v) is 3.69. The number of alkyl halides is 3. The minimum Gasteiger partial charge on any atom is -0.207 e. The minimum atomic E-state index is -4.66. The molecule has 2 aromatic rings. The van der Waals surface area contributed by atoms with E-state index in [1.54, 1.807) is 0 Å². The number of hydrogen-bond donors (Lipinski definition) is 0. The van der Waals surface area contributed by atoms with Crippen molar-refractivity contribution in [2.45, 2.75) is 6.18 Å². The molecule has 0 heterocycles. The maximum Gasteiger partial charge on any atom is 0.417 e. The van der Waals surface area contributed by atoms with Crippen molar-refractivity contribution in [1.29, 1.82) is 0 Å². The Kier molecular flexibility index (Phi) is 3.07. The van der Waals surface area contributed by atoms with E-state index in [0.29, 0.717) is 6.07 Å². The van der Waals surface area contributed by atoms with Gasteiger partial charge in [0.1, 0.15) is 11.6 Å². The first-order valence-electron chi connectivity index (χ1n) is 5.00. The Hall–Kier alpha value is -1.91. The average molecular weight is 258 g/mol. The zero-order chi connectivity index (χ0) is 13.3. The summed E-state index contributed by atoms with van der Waals surface area (Å²) in [7, 11) is 0. The van der Waals surface area contributed by atoms with Crippen molar-refractivity contribution in [3.63, 3.8) is 0 Å². The zero-order valence-corrected chi connectivity index (χ0v) is 8.93. The molecule has 0 bridgehead atoms. The fourth-order valence-electron chi connectivity index (χ4n) is 1.63. The first kappa shape index (κ1) is 12.5. The van der Waals surface area contributed by atoms with Crippen LogP contribution < -0.4 is 0 Å². The van der Waals surface area contributed by atoms with Crippen LogP contribution >= 0.6 is 0 Å². The van der Waals surface area contributed by atoms with E-state index >= 15 is 0 Å². The van der Waals surface area contributed by atoms with Gasteiger partial charge in [0, 0.05) is 0 Å². The Morgan fingerprint density at radius 2 is 1.28 bits per heavy atom. The Balaban J connectivity index is 2.60. The molecule has 0 aromatic heterocycles. The Labute approximate surface area is 99.7 Å². The molecule has 0 unspecified atom stereocenters. The summed E-state index contributed by atoms with van der Waals surface area (Å²) in [4.78, 5) is 0. The van der Waals surface area contributed by atoms with Crippen LogP contribution in [-0.2, 0) is 6.18 Å². The molecule has 0 saturated heterocycles. The van der Waals surface area contributed by atoms with Gasteiger partial charge in [-0.1, -0.05) is 18.2 Å². The molecule has 0 fully saturated rings. The highest BCUT2D eigenvalue weighted by Crippen LogP contribution is 2.37. The maximum absolute atomic E-state index is 12.9. The fourth-order valence-corrected chi connectivity index (χ4v) is 1.63. The van der Waals surface area contributed by atoms with Crippen molar-refractivity contribution in [3.05, 3.63) is 59.7 Å². The molecule has 0 atom stereocenters. The highest BCUT2D eigenvalue weighted by atomic mass is 19.4. The molecule has 5 heteroatoms. The summed E-state index contributed by atoms with van der Waals surface area (Å²) in [5, 5.41) is 0. The standard InChI is InChI=1S/C13H7F5/c14-9-3-1-8(2-4-9)11-6-5-10(15)7-12(11)13(16,17)18/h1-7H. The van der Waals surface area contributed by atoms with Crippen LogP contribution in [0.25, 0.3) is 11.1 Å². The summed E-state index contributed by atoms with van der Waals surface area (Å²) in [6, 6.07) is 6.95. The molecular formula is C13H7F5. The molecule has 0 saturated carbocycles. The van der Waals surface area contributed by atoms with Crippen LogP contribution in [0.4, 0.5) is 22.0 Å². The largest absolute Gasteiger partial charge is 0.417 e. The van der Waals surface area contributed by atoms with Crippen LogP contribution in [0.5, 0.6) is 0 Å². The summed E-state index contributed by atoms with van der Waals surface area (Å²) < 4.78 is 63.9. The van der Waals surface area contributed by atoms with Crippen molar-refractivity contribution in [2.75, 3.05) is 0 Å². The summed E-state index contributed by atoms with van der Waals surface area (Å²) in [6.45, 7) is 0. The quantitative estimate of drug-likeness (QED) is 0.653. The SMILES string of the molecule is Fc1ccc(-c2ccc(F)cc2C(F)(F)F)cc1. The fraction of sp³-hybridized carbons (Fsp3) is 0.0769. The topological polar surface area (TPSA) is 0 Å². The van der Waals surface area contributed by atoms with Gasteiger partial charge in [-0.3, -0.25) is 0 Å². The molecule has 2 aromatic carbocycles. The Morgan fingerprint density at radius 1 is 0.722 bits per heavy atom. The third-order valence-electron chi connectivity index (χ3n) is 2.44. The van der Waals surface area contributed by atoms with Gasteiger partial charge in [-0.25, -0.2) is 8.78 Å². The van der Waals surface area contributed by atoms with Gasteiger partial charge >= 0.3 is 6.18 Å². The molecule has 0 radical (unpaired) electrons. The highest BCUT2D eigenvalue weighted by Gasteiger charge is 2.34. The van der Waals surface area contributed by atoms with E-state index in [9.17, 15) is 22.0 Å². The summed E-state index contributed by atoms with van der Waals surface area (Å²) in [6.07, 6.45) is -4.66. The maximum atomic E-state index is 12.9. The molecular weight excluding hydrogens is 251 g/mol. The monoisotopic (exact) mass is 258 g/mol. The smallest absolute Gasteiger partial charge is 0.207 e. The van der Waals surface area contributed by atoms with Gasteiger partial charge in [-0.15, -0.1) is 0 Å². The first-order valence-corrected chi connectivity index (χ1v) is 5.00. The van der Waals surface area contributed by atoms with E-state index in [-0.39, 0.29) is 11.1 Å². The van der Waals surface area contributed by atoms with Crippen LogP contribution in [0.2, 0.25) is 0 Å². The average Bonchev–Trinajstić information content (AvgIpc) is 2.29. The number of benzene rings is 2. The van der Waals surface area contributed by atoms with Gasteiger partial charge in [0.2, 0.25) is 0 Å². The summed E-state index contributed by atoms with van der Waals surface area (Å²) in [5.74, 6) is -1.51.